The average Bonchev–Trinajstić information content (AvgIpc) is 2.44. The number of carbonyl (C=O) groups is 1. The summed E-state index contributed by atoms with van der Waals surface area (Å²) in [6, 6.07) is 0. The molecule has 0 unspecified atom stereocenters. The summed E-state index contributed by atoms with van der Waals surface area (Å²) in [5.41, 5.74) is 0. The summed E-state index contributed by atoms with van der Waals surface area (Å²) in [5, 5.41) is 8.57. The van der Waals surface area contributed by atoms with Crippen LogP contribution in [0, 0.1) is 0 Å². The zero-order chi connectivity index (χ0) is 14.6. The molecule has 1 aliphatic rings. The first-order valence-corrected chi connectivity index (χ1v) is 8.28. The molecule has 4 nitrogen and oxygen atoms in total. The summed E-state index contributed by atoms with van der Waals surface area (Å²) in [5.74, 6) is -0.773. The van der Waals surface area contributed by atoms with Crippen LogP contribution in [-0.4, -0.2) is 48.3 Å². The Morgan fingerprint density at radius 3 is 2.45 bits per heavy atom. The lowest BCUT2D eigenvalue weighted by Gasteiger charge is -2.31. The van der Waals surface area contributed by atoms with Gasteiger partial charge in [-0.25, -0.2) is 0 Å². The second kappa shape index (κ2) is 11.1. The maximum atomic E-state index is 10.4. The van der Waals surface area contributed by atoms with Crippen molar-refractivity contribution in [3.05, 3.63) is 0 Å². The third-order valence-electron chi connectivity index (χ3n) is 4.03. The molecular weight excluding hydrogens is 254 g/mol. The third kappa shape index (κ3) is 8.54. The molecule has 0 aromatic heterocycles. The SMILES string of the molecule is CCCCCCCCN1CCC(OCCC(=O)O)CC1. The first-order chi connectivity index (χ1) is 9.72. The van der Waals surface area contributed by atoms with Gasteiger partial charge in [0, 0.05) is 13.1 Å². The Labute approximate surface area is 123 Å². The molecule has 0 bridgehead atoms. The van der Waals surface area contributed by atoms with E-state index in [0.717, 1.165) is 25.9 Å². The molecule has 1 saturated heterocycles. The van der Waals surface area contributed by atoms with Crippen molar-refractivity contribution in [3.63, 3.8) is 0 Å². The van der Waals surface area contributed by atoms with E-state index in [4.69, 9.17) is 9.84 Å². The van der Waals surface area contributed by atoms with E-state index in [-0.39, 0.29) is 12.5 Å². The van der Waals surface area contributed by atoms with Crippen molar-refractivity contribution in [2.45, 2.75) is 70.8 Å². The molecule has 0 amide bonds. The smallest absolute Gasteiger partial charge is 0.305 e. The van der Waals surface area contributed by atoms with Crippen LogP contribution in [0.2, 0.25) is 0 Å². The zero-order valence-corrected chi connectivity index (χ0v) is 13.0. The van der Waals surface area contributed by atoms with Crippen molar-refractivity contribution in [3.8, 4) is 0 Å². The third-order valence-corrected chi connectivity index (χ3v) is 4.03. The average molecular weight is 285 g/mol. The zero-order valence-electron chi connectivity index (χ0n) is 13.0. The minimum absolute atomic E-state index is 0.123. The van der Waals surface area contributed by atoms with Crippen LogP contribution in [0.5, 0.6) is 0 Å². The number of hydrogen-bond donors (Lipinski definition) is 1. The molecule has 1 fully saturated rings. The van der Waals surface area contributed by atoms with E-state index in [2.05, 4.69) is 11.8 Å². The minimum atomic E-state index is -0.773. The number of ether oxygens (including phenoxy) is 1. The Balaban J connectivity index is 1.94. The van der Waals surface area contributed by atoms with Crippen molar-refractivity contribution < 1.29 is 14.6 Å². The molecule has 4 heteroatoms. The van der Waals surface area contributed by atoms with Crippen LogP contribution >= 0.6 is 0 Å². The number of piperidine rings is 1. The lowest BCUT2D eigenvalue weighted by Crippen LogP contribution is -2.37. The van der Waals surface area contributed by atoms with E-state index in [1.54, 1.807) is 0 Å². The predicted octanol–water partition coefficient (Wildman–Crippen LogP) is 3.30. The van der Waals surface area contributed by atoms with Gasteiger partial charge in [-0.2, -0.15) is 0 Å². The Hall–Kier alpha value is -0.610. The second-order valence-electron chi connectivity index (χ2n) is 5.82. The second-order valence-corrected chi connectivity index (χ2v) is 5.82. The highest BCUT2D eigenvalue weighted by atomic mass is 16.5. The maximum absolute atomic E-state index is 10.4. The van der Waals surface area contributed by atoms with Gasteiger partial charge in [0.1, 0.15) is 0 Å². The fourth-order valence-electron chi connectivity index (χ4n) is 2.73. The number of nitrogens with zero attached hydrogens (tertiary/aromatic N) is 1. The van der Waals surface area contributed by atoms with Gasteiger partial charge in [0.15, 0.2) is 0 Å². The molecule has 0 aromatic rings. The van der Waals surface area contributed by atoms with Gasteiger partial charge in [0.05, 0.1) is 19.1 Å². The Kier molecular flexibility index (Phi) is 9.67. The molecule has 118 valence electrons. The lowest BCUT2D eigenvalue weighted by molar-refractivity contribution is -0.138. The predicted molar refractivity (Wildman–Crippen MR) is 81.0 cm³/mol. The fourth-order valence-corrected chi connectivity index (χ4v) is 2.73. The van der Waals surface area contributed by atoms with Crippen molar-refractivity contribution in [1.82, 2.24) is 4.90 Å². The minimum Gasteiger partial charge on any atom is -0.481 e. The first-order valence-electron chi connectivity index (χ1n) is 8.28. The molecule has 0 aromatic carbocycles. The van der Waals surface area contributed by atoms with Crippen LogP contribution in [0.1, 0.15) is 64.7 Å². The Bertz CT molecular complexity index is 250. The van der Waals surface area contributed by atoms with Gasteiger partial charge >= 0.3 is 5.97 Å². The molecule has 1 aliphatic heterocycles. The van der Waals surface area contributed by atoms with E-state index in [0.29, 0.717) is 6.61 Å². The Morgan fingerprint density at radius 2 is 1.80 bits per heavy atom. The van der Waals surface area contributed by atoms with Crippen LogP contribution in [0.4, 0.5) is 0 Å². The fraction of sp³-hybridized carbons (Fsp3) is 0.938. The lowest BCUT2D eigenvalue weighted by atomic mass is 10.1. The molecular formula is C16H31NO3. The summed E-state index contributed by atoms with van der Waals surface area (Å²) in [4.78, 5) is 12.9. The van der Waals surface area contributed by atoms with Crippen LogP contribution in [0.3, 0.4) is 0 Å². The van der Waals surface area contributed by atoms with Gasteiger partial charge in [0.2, 0.25) is 0 Å². The van der Waals surface area contributed by atoms with Crippen LogP contribution in [0.25, 0.3) is 0 Å². The number of likely N-dealkylation sites (tertiary alicyclic amines) is 1. The number of carboxylic acids is 1. The molecule has 0 spiro atoms. The van der Waals surface area contributed by atoms with Gasteiger partial charge in [-0.3, -0.25) is 4.79 Å². The molecule has 0 aliphatic carbocycles. The standard InChI is InChI=1S/C16H31NO3/c1-2-3-4-5-6-7-11-17-12-8-15(9-13-17)20-14-10-16(18)19/h15H,2-14H2,1H3,(H,18,19). The van der Waals surface area contributed by atoms with Gasteiger partial charge in [-0.05, 0) is 25.8 Å². The van der Waals surface area contributed by atoms with E-state index < -0.39 is 5.97 Å². The van der Waals surface area contributed by atoms with Crippen LogP contribution in [0.15, 0.2) is 0 Å². The van der Waals surface area contributed by atoms with E-state index in [1.807, 2.05) is 0 Å². The molecule has 0 saturated carbocycles. The number of unbranched alkanes of at least 4 members (excludes halogenated alkanes) is 5. The summed E-state index contributed by atoms with van der Waals surface area (Å²) >= 11 is 0. The summed E-state index contributed by atoms with van der Waals surface area (Å²) in [6.07, 6.45) is 10.6. The quantitative estimate of drug-likeness (QED) is 0.592. The normalized spacial score (nSPS) is 17.4. The molecule has 1 N–H and O–H groups in total. The Morgan fingerprint density at radius 1 is 1.15 bits per heavy atom. The van der Waals surface area contributed by atoms with E-state index in [1.165, 1.54) is 45.1 Å². The number of aliphatic carboxylic acids is 1. The topological polar surface area (TPSA) is 49.8 Å². The first kappa shape index (κ1) is 17.4. The summed E-state index contributed by atoms with van der Waals surface area (Å²) in [7, 11) is 0. The van der Waals surface area contributed by atoms with Crippen molar-refractivity contribution in [2.75, 3.05) is 26.2 Å². The highest BCUT2D eigenvalue weighted by Crippen LogP contribution is 2.15. The summed E-state index contributed by atoms with van der Waals surface area (Å²) in [6.45, 7) is 6.04. The molecule has 0 atom stereocenters. The van der Waals surface area contributed by atoms with E-state index in [9.17, 15) is 4.79 Å². The van der Waals surface area contributed by atoms with Gasteiger partial charge in [-0.1, -0.05) is 39.0 Å². The highest BCUT2D eigenvalue weighted by molar-refractivity contribution is 5.66. The number of rotatable bonds is 11. The van der Waals surface area contributed by atoms with Gasteiger partial charge in [-0.15, -0.1) is 0 Å². The molecule has 20 heavy (non-hydrogen) atoms. The van der Waals surface area contributed by atoms with E-state index >= 15 is 0 Å². The van der Waals surface area contributed by atoms with Crippen LogP contribution < -0.4 is 0 Å². The summed E-state index contributed by atoms with van der Waals surface area (Å²) < 4.78 is 5.60. The number of hydrogen-bond acceptors (Lipinski definition) is 3. The monoisotopic (exact) mass is 285 g/mol. The number of carboxylic acid groups (broad SMARTS) is 1. The van der Waals surface area contributed by atoms with Crippen molar-refractivity contribution in [1.29, 1.82) is 0 Å². The molecule has 1 rings (SSSR count). The maximum Gasteiger partial charge on any atom is 0.305 e. The molecule has 1 heterocycles. The van der Waals surface area contributed by atoms with Crippen molar-refractivity contribution >= 4 is 5.97 Å². The van der Waals surface area contributed by atoms with Gasteiger partial charge < -0.3 is 14.7 Å². The van der Waals surface area contributed by atoms with Crippen LogP contribution in [-0.2, 0) is 9.53 Å². The molecule has 0 radical (unpaired) electrons. The van der Waals surface area contributed by atoms with Crippen molar-refractivity contribution in [2.24, 2.45) is 0 Å². The largest absolute Gasteiger partial charge is 0.481 e. The highest BCUT2D eigenvalue weighted by Gasteiger charge is 2.19. The van der Waals surface area contributed by atoms with Gasteiger partial charge in [0.25, 0.3) is 0 Å².